The van der Waals surface area contributed by atoms with E-state index in [0.29, 0.717) is 24.5 Å². The molecule has 242 valence electrons. The Labute approximate surface area is 245 Å². The summed E-state index contributed by atoms with van der Waals surface area (Å²) in [6.45, 7) is 1.36. The first kappa shape index (κ1) is 35.9. The van der Waals surface area contributed by atoms with E-state index in [2.05, 4.69) is 15.6 Å². The van der Waals surface area contributed by atoms with E-state index in [1.165, 1.54) is 12.1 Å². The van der Waals surface area contributed by atoms with Gasteiger partial charge in [-0.05, 0) is 55.0 Å². The molecule has 1 fully saturated rings. The number of hydrogen-bond donors (Lipinski definition) is 4. The maximum atomic E-state index is 13.4. The van der Waals surface area contributed by atoms with Crippen molar-refractivity contribution >= 4 is 34.6 Å². The largest absolute Gasteiger partial charge is 0.490 e. The van der Waals surface area contributed by atoms with E-state index < -0.39 is 35.9 Å². The molecule has 0 saturated heterocycles. The Hall–Kier alpha value is -4.28. The molecule has 17 heteroatoms. The molecular weight excluding hydrogens is 610 g/mol. The van der Waals surface area contributed by atoms with Gasteiger partial charge in [-0.25, -0.2) is 23.4 Å². The number of alkyl halides is 6. The third-order valence-corrected chi connectivity index (χ3v) is 6.16. The van der Waals surface area contributed by atoms with E-state index in [9.17, 15) is 35.1 Å². The topological polar surface area (TPSA) is 128 Å². The second-order valence-electron chi connectivity index (χ2n) is 9.77. The standard InChI is InChI=1S/C23H27F2N5.2C2HF3O2/c1-30(2)22-18-5-3-4-6-21(18)28-23(29-22)27-14-15-7-9-17(11-15)26-13-16-8-10-19(24)20(25)12-16;2*3-2(4,5)1(6)7/h3-6,8,10,12,15,17,26H,7,9,11,13-14H2,1-2H3,(H,27,28,29);2*(H,6,7)/t15-,17+;;/m1../s1. The van der Waals surface area contributed by atoms with Gasteiger partial charge in [0.15, 0.2) is 11.6 Å². The van der Waals surface area contributed by atoms with Crippen molar-refractivity contribution in [3.63, 3.8) is 0 Å². The molecule has 2 atom stereocenters. The molecule has 4 N–H and O–H groups in total. The van der Waals surface area contributed by atoms with Crippen molar-refractivity contribution in [2.75, 3.05) is 30.9 Å². The maximum Gasteiger partial charge on any atom is 0.490 e. The number of hydrogen-bond acceptors (Lipinski definition) is 7. The van der Waals surface area contributed by atoms with Crippen LogP contribution >= 0.6 is 0 Å². The van der Waals surface area contributed by atoms with Crippen LogP contribution in [0.15, 0.2) is 42.5 Å². The minimum Gasteiger partial charge on any atom is -0.475 e. The van der Waals surface area contributed by atoms with Gasteiger partial charge in [0.25, 0.3) is 0 Å². The highest BCUT2D eigenvalue weighted by atomic mass is 19.4. The number of nitrogens with zero attached hydrogens (tertiary/aromatic N) is 3. The highest BCUT2D eigenvalue weighted by Gasteiger charge is 2.38. The van der Waals surface area contributed by atoms with Crippen LogP contribution in [-0.2, 0) is 16.1 Å². The van der Waals surface area contributed by atoms with Crippen LogP contribution in [0.3, 0.4) is 0 Å². The summed E-state index contributed by atoms with van der Waals surface area (Å²) < 4.78 is 89.9. The third kappa shape index (κ3) is 11.4. The predicted octanol–water partition coefficient (Wildman–Crippen LogP) is 5.61. The minimum absolute atomic E-state index is 0.375. The Balaban J connectivity index is 0.000000402. The van der Waals surface area contributed by atoms with E-state index in [1.807, 2.05) is 43.3 Å². The van der Waals surface area contributed by atoms with Crippen molar-refractivity contribution in [3.8, 4) is 0 Å². The van der Waals surface area contributed by atoms with E-state index >= 15 is 0 Å². The van der Waals surface area contributed by atoms with Crippen LogP contribution < -0.4 is 15.5 Å². The number of para-hydroxylation sites is 1. The second kappa shape index (κ2) is 15.4. The zero-order valence-corrected chi connectivity index (χ0v) is 23.3. The molecule has 44 heavy (non-hydrogen) atoms. The van der Waals surface area contributed by atoms with Gasteiger partial charge in [-0.2, -0.15) is 31.3 Å². The van der Waals surface area contributed by atoms with Crippen molar-refractivity contribution in [2.45, 2.75) is 44.2 Å². The van der Waals surface area contributed by atoms with Gasteiger partial charge < -0.3 is 25.7 Å². The normalized spacial score (nSPS) is 16.3. The van der Waals surface area contributed by atoms with Gasteiger partial charge in [-0.3, -0.25) is 0 Å². The molecule has 2 aromatic carbocycles. The molecule has 4 rings (SSSR count). The van der Waals surface area contributed by atoms with Crippen molar-refractivity contribution in [1.29, 1.82) is 0 Å². The SMILES string of the molecule is CN(C)c1nc(NC[C@@H]2CC[C@H](NCc3ccc(F)c(F)c3)C2)nc2ccccc12.O=C(O)C(F)(F)F.O=C(O)C(F)(F)F. The van der Waals surface area contributed by atoms with E-state index in [0.717, 1.165) is 48.1 Å². The number of aliphatic carboxylic acids is 2. The number of carboxylic acid groups (broad SMARTS) is 2. The van der Waals surface area contributed by atoms with Crippen LogP contribution in [0.2, 0.25) is 0 Å². The van der Waals surface area contributed by atoms with Gasteiger partial charge in [0, 0.05) is 38.6 Å². The third-order valence-electron chi connectivity index (χ3n) is 6.16. The smallest absolute Gasteiger partial charge is 0.475 e. The molecule has 0 spiro atoms. The summed E-state index contributed by atoms with van der Waals surface area (Å²) in [4.78, 5) is 29.1. The summed E-state index contributed by atoms with van der Waals surface area (Å²) in [5.74, 6) is -5.05. The number of aromatic nitrogens is 2. The van der Waals surface area contributed by atoms with E-state index in [4.69, 9.17) is 24.8 Å². The number of benzene rings is 2. The summed E-state index contributed by atoms with van der Waals surface area (Å²) >= 11 is 0. The van der Waals surface area contributed by atoms with Gasteiger partial charge in [0.2, 0.25) is 5.95 Å². The number of rotatable bonds is 7. The molecule has 0 amide bonds. The fraction of sp³-hybridized carbons (Fsp3) is 0.407. The molecule has 1 heterocycles. The summed E-state index contributed by atoms with van der Waals surface area (Å²) in [5.41, 5.74) is 1.69. The Morgan fingerprint density at radius 1 is 0.909 bits per heavy atom. The van der Waals surface area contributed by atoms with Crippen LogP contribution in [0.1, 0.15) is 24.8 Å². The summed E-state index contributed by atoms with van der Waals surface area (Å²) in [7, 11) is 3.97. The molecule has 1 saturated carbocycles. The van der Waals surface area contributed by atoms with Crippen LogP contribution in [0.5, 0.6) is 0 Å². The lowest BCUT2D eigenvalue weighted by Crippen LogP contribution is -2.26. The number of carbonyl (C=O) groups is 2. The number of fused-ring (bicyclic) bond motifs is 1. The van der Waals surface area contributed by atoms with Gasteiger partial charge in [-0.15, -0.1) is 0 Å². The quantitative estimate of drug-likeness (QED) is 0.244. The Bertz CT molecular complexity index is 1400. The average molecular weight is 640 g/mol. The summed E-state index contributed by atoms with van der Waals surface area (Å²) in [6.07, 6.45) is -6.96. The number of carboxylic acids is 2. The van der Waals surface area contributed by atoms with Crippen LogP contribution in [0.25, 0.3) is 10.9 Å². The zero-order valence-electron chi connectivity index (χ0n) is 23.3. The van der Waals surface area contributed by atoms with Crippen LogP contribution in [0.4, 0.5) is 46.9 Å². The highest BCUT2D eigenvalue weighted by Crippen LogP contribution is 2.28. The Kier molecular flexibility index (Phi) is 12.6. The van der Waals surface area contributed by atoms with Gasteiger partial charge in [0.1, 0.15) is 5.82 Å². The number of halogens is 8. The first-order valence-electron chi connectivity index (χ1n) is 12.8. The highest BCUT2D eigenvalue weighted by molar-refractivity contribution is 5.90. The second-order valence-corrected chi connectivity index (χ2v) is 9.77. The Morgan fingerprint density at radius 2 is 1.50 bits per heavy atom. The molecule has 0 bridgehead atoms. The number of anilines is 2. The lowest BCUT2D eigenvalue weighted by Gasteiger charge is -2.17. The molecule has 3 aromatic rings. The predicted molar refractivity (Wildman–Crippen MR) is 144 cm³/mol. The molecule has 1 aliphatic rings. The van der Waals surface area contributed by atoms with Crippen molar-refractivity contribution in [3.05, 3.63) is 59.7 Å². The van der Waals surface area contributed by atoms with E-state index in [-0.39, 0.29) is 0 Å². The molecule has 9 nitrogen and oxygen atoms in total. The van der Waals surface area contributed by atoms with Crippen LogP contribution in [0, 0.1) is 17.6 Å². The Morgan fingerprint density at radius 3 is 2.05 bits per heavy atom. The lowest BCUT2D eigenvalue weighted by atomic mass is 10.1. The molecule has 0 unspecified atom stereocenters. The molecule has 0 aliphatic heterocycles. The average Bonchev–Trinajstić information content (AvgIpc) is 3.39. The van der Waals surface area contributed by atoms with Crippen molar-refractivity contribution in [2.24, 2.45) is 5.92 Å². The summed E-state index contributed by atoms with van der Waals surface area (Å²) in [6, 6.07) is 12.5. The molecular formula is C27H29F8N5O4. The first-order chi connectivity index (χ1) is 20.4. The minimum atomic E-state index is -5.08. The zero-order chi connectivity index (χ0) is 33.2. The van der Waals surface area contributed by atoms with Crippen molar-refractivity contribution in [1.82, 2.24) is 15.3 Å². The van der Waals surface area contributed by atoms with E-state index in [1.54, 1.807) is 6.07 Å². The fourth-order valence-corrected chi connectivity index (χ4v) is 4.07. The van der Waals surface area contributed by atoms with Gasteiger partial charge in [0.05, 0.1) is 5.52 Å². The van der Waals surface area contributed by atoms with Gasteiger partial charge >= 0.3 is 24.3 Å². The van der Waals surface area contributed by atoms with Crippen molar-refractivity contribution < 1.29 is 54.9 Å². The maximum absolute atomic E-state index is 13.4. The molecule has 1 aliphatic carbocycles. The molecule has 1 aromatic heterocycles. The summed E-state index contributed by atoms with van der Waals surface area (Å²) in [5, 5.41) is 22.2. The fourth-order valence-electron chi connectivity index (χ4n) is 4.07. The number of nitrogens with one attached hydrogen (secondary N) is 2. The lowest BCUT2D eigenvalue weighted by molar-refractivity contribution is -0.193. The van der Waals surface area contributed by atoms with Crippen LogP contribution in [-0.4, -0.2) is 71.2 Å². The van der Waals surface area contributed by atoms with Gasteiger partial charge in [-0.1, -0.05) is 18.2 Å². The molecule has 0 radical (unpaired) electrons. The first-order valence-corrected chi connectivity index (χ1v) is 12.8. The monoisotopic (exact) mass is 639 g/mol.